The number of nitrogens with one attached hydrogen (secondary N) is 1. The van der Waals surface area contributed by atoms with Gasteiger partial charge in [-0.15, -0.1) is 0 Å². The Morgan fingerprint density at radius 1 is 1.25 bits per heavy atom. The van der Waals surface area contributed by atoms with Crippen molar-refractivity contribution < 1.29 is 8.81 Å². The molecule has 2 nitrogen and oxygen atoms in total. The molecule has 0 saturated heterocycles. The molecule has 106 valence electrons. The molecule has 0 aliphatic rings. The van der Waals surface area contributed by atoms with E-state index in [1.165, 1.54) is 11.6 Å². The maximum atomic E-state index is 13.7. The number of rotatable bonds is 5. The van der Waals surface area contributed by atoms with Gasteiger partial charge in [0.15, 0.2) is 0 Å². The maximum Gasteiger partial charge on any atom is 0.137 e. The molecule has 0 unspecified atom stereocenters. The predicted octanol–water partition coefficient (Wildman–Crippen LogP) is 4.49. The van der Waals surface area contributed by atoms with Crippen LogP contribution in [0.25, 0.3) is 17.4 Å². The Bertz CT molecular complexity index is 599. The molecule has 0 radical (unpaired) electrons. The summed E-state index contributed by atoms with van der Waals surface area (Å²) in [6.45, 7) is 7.07. The van der Waals surface area contributed by atoms with E-state index < -0.39 is 0 Å². The van der Waals surface area contributed by atoms with Crippen LogP contribution in [-0.4, -0.2) is 12.6 Å². The highest BCUT2D eigenvalue weighted by Gasteiger charge is 2.08. The lowest BCUT2D eigenvalue weighted by Gasteiger charge is -2.07. The van der Waals surface area contributed by atoms with Crippen LogP contribution in [0.2, 0.25) is 0 Å². The highest BCUT2D eigenvalue weighted by atomic mass is 19.1. The van der Waals surface area contributed by atoms with Crippen molar-refractivity contribution >= 4 is 6.08 Å². The van der Waals surface area contributed by atoms with Crippen molar-refractivity contribution in [2.24, 2.45) is 0 Å². The molecule has 3 heteroatoms. The van der Waals surface area contributed by atoms with Gasteiger partial charge < -0.3 is 9.73 Å². The van der Waals surface area contributed by atoms with Gasteiger partial charge in [0.1, 0.15) is 17.3 Å². The van der Waals surface area contributed by atoms with Crippen molar-refractivity contribution in [3.05, 3.63) is 53.5 Å². The molecular formula is C17H20FNO. The van der Waals surface area contributed by atoms with E-state index in [4.69, 9.17) is 4.42 Å². The van der Waals surface area contributed by atoms with Gasteiger partial charge in [-0.1, -0.05) is 31.6 Å². The number of halogens is 1. The third kappa shape index (κ3) is 3.81. The lowest BCUT2D eigenvalue weighted by molar-refractivity contribution is 0.559. The first-order valence-corrected chi connectivity index (χ1v) is 6.81. The molecule has 1 N–H and O–H groups in total. The first-order valence-electron chi connectivity index (χ1n) is 6.81. The minimum Gasteiger partial charge on any atom is -0.457 e. The summed E-state index contributed by atoms with van der Waals surface area (Å²) in [7, 11) is 0. The molecule has 0 saturated carbocycles. The number of hydrogen-bond acceptors (Lipinski definition) is 2. The molecule has 2 aromatic rings. The Morgan fingerprint density at radius 2 is 2.00 bits per heavy atom. The Labute approximate surface area is 119 Å². The lowest BCUT2D eigenvalue weighted by Crippen LogP contribution is -2.24. The van der Waals surface area contributed by atoms with Gasteiger partial charge in [-0.2, -0.15) is 0 Å². The molecule has 0 amide bonds. The van der Waals surface area contributed by atoms with Gasteiger partial charge in [0, 0.05) is 12.6 Å². The smallest absolute Gasteiger partial charge is 0.137 e. The van der Waals surface area contributed by atoms with E-state index in [2.05, 4.69) is 19.2 Å². The van der Waals surface area contributed by atoms with Crippen LogP contribution in [0.5, 0.6) is 0 Å². The molecular weight excluding hydrogens is 253 g/mol. The van der Waals surface area contributed by atoms with E-state index in [-0.39, 0.29) is 5.82 Å². The molecule has 0 spiro atoms. The summed E-state index contributed by atoms with van der Waals surface area (Å²) in [5, 5.41) is 3.34. The van der Waals surface area contributed by atoms with E-state index in [0.717, 1.165) is 12.3 Å². The van der Waals surface area contributed by atoms with Crippen LogP contribution in [0.3, 0.4) is 0 Å². The molecule has 0 aliphatic carbocycles. The Kier molecular flexibility index (Phi) is 4.74. The Morgan fingerprint density at radius 3 is 2.70 bits per heavy atom. The number of furan rings is 1. The molecule has 2 rings (SSSR count). The predicted molar refractivity (Wildman–Crippen MR) is 80.9 cm³/mol. The maximum absolute atomic E-state index is 13.7. The summed E-state index contributed by atoms with van der Waals surface area (Å²) in [6, 6.07) is 10.7. The van der Waals surface area contributed by atoms with Crippen molar-refractivity contribution in [3.63, 3.8) is 0 Å². The molecule has 0 aliphatic heterocycles. The molecule has 1 aromatic carbocycles. The van der Waals surface area contributed by atoms with Crippen molar-refractivity contribution in [1.29, 1.82) is 0 Å². The van der Waals surface area contributed by atoms with Crippen LogP contribution < -0.4 is 5.32 Å². The van der Waals surface area contributed by atoms with Gasteiger partial charge in [-0.3, -0.25) is 0 Å². The lowest BCUT2D eigenvalue weighted by atomic mass is 10.1. The number of benzene rings is 1. The summed E-state index contributed by atoms with van der Waals surface area (Å²) < 4.78 is 19.4. The fraction of sp³-hybridized carbons (Fsp3) is 0.294. The Balaban J connectivity index is 2.13. The second-order valence-electron chi connectivity index (χ2n) is 5.21. The zero-order valence-electron chi connectivity index (χ0n) is 12.1. The van der Waals surface area contributed by atoms with Crippen molar-refractivity contribution in [2.75, 3.05) is 6.54 Å². The quantitative estimate of drug-likeness (QED) is 0.868. The molecule has 20 heavy (non-hydrogen) atoms. The Hall–Kier alpha value is -1.87. The zero-order chi connectivity index (χ0) is 14.5. The van der Waals surface area contributed by atoms with Gasteiger partial charge in [-0.25, -0.2) is 4.39 Å². The largest absolute Gasteiger partial charge is 0.457 e. The minimum atomic E-state index is -0.268. The average molecular weight is 273 g/mol. The monoisotopic (exact) mass is 273 g/mol. The van der Waals surface area contributed by atoms with Gasteiger partial charge >= 0.3 is 0 Å². The molecule has 0 fully saturated rings. The highest BCUT2D eigenvalue weighted by molar-refractivity contribution is 5.61. The topological polar surface area (TPSA) is 25.2 Å². The van der Waals surface area contributed by atoms with Crippen LogP contribution in [-0.2, 0) is 0 Å². The zero-order valence-corrected chi connectivity index (χ0v) is 12.1. The van der Waals surface area contributed by atoms with Crippen LogP contribution in [0.15, 0.2) is 46.4 Å². The SMILES string of the molecule is CC(=Cc1ccc(-c2ccccc2F)o1)CNC(C)C. The van der Waals surface area contributed by atoms with Gasteiger partial charge in [0.2, 0.25) is 0 Å². The second kappa shape index (κ2) is 6.53. The van der Waals surface area contributed by atoms with Crippen molar-refractivity contribution in [3.8, 4) is 11.3 Å². The first-order chi connectivity index (χ1) is 9.56. The van der Waals surface area contributed by atoms with E-state index in [9.17, 15) is 4.39 Å². The summed E-state index contributed by atoms with van der Waals surface area (Å²) >= 11 is 0. The molecule has 1 heterocycles. The van der Waals surface area contributed by atoms with Crippen LogP contribution in [0, 0.1) is 5.82 Å². The molecule has 0 atom stereocenters. The summed E-state index contributed by atoms with van der Waals surface area (Å²) in [4.78, 5) is 0. The highest BCUT2D eigenvalue weighted by Crippen LogP contribution is 2.25. The molecule has 0 bridgehead atoms. The van der Waals surface area contributed by atoms with Crippen molar-refractivity contribution in [1.82, 2.24) is 5.32 Å². The van der Waals surface area contributed by atoms with Crippen LogP contribution in [0.1, 0.15) is 26.5 Å². The van der Waals surface area contributed by atoms with Crippen LogP contribution in [0.4, 0.5) is 4.39 Å². The van der Waals surface area contributed by atoms with Gasteiger partial charge in [0.25, 0.3) is 0 Å². The van der Waals surface area contributed by atoms with Gasteiger partial charge in [0.05, 0.1) is 5.56 Å². The van der Waals surface area contributed by atoms with E-state index >= 15 is 0 Å². The van der Waals surface area contributed by atoms with E-state index in [0.29, 0.717) is 17.4 Å². The first kappa shape index (κ1) is 14.5. The fourth-order valence-corrected chi connectivity index (χ4v) is 1.90. The third-order valence-electron chi connectivity index (χ3n) is 2.94. The van der Waals surface area contributed by atoms with E-state index in [1.807, 2.05) is 19.1 Å². The standard InChI is InChI=1S/C17H20FNO/c1-12(2)19-11-13(3)10-14-8-9-17(20-14)15-6-4-5-7-16(15)18/h4-10,12,19H,11H2,1-3H3. The number of hydrogen-bond donors (Lipinski definition) is 1. The second-order valence-corrected chi connectivity index (χ2v) is 5.21. The van der Waals surface area contributed by atoms with Crippen LogP contribution >= 0.6 is 0 Å². The van der Waals surface area contributed by atoms with Gasteiger partial charge in [-0.05, 0) is 37.3 Å². The van der Waals surface area contributed by atoms with E-state index in [1.54, 1.807) is 24.3 Å². The van der Waals surface area contributed by atoms with Crippen molar-refractivity contribution in [2.45, 2.75) is 26.8 Å². The summed E-state index contributed by atoms with van der Waals surface area (Å²) in [6.07, 6.45) is 1.97. The third-order valence-corrected chi connectivity index (χ3v) is 2.94. The summed E-state index contributed by atoms with van der Waals surface area (Å²) in [5.74, 6) is 1.03. The average Bonchev–Trinajstić information content (AvgIpc) is 2.85. The minimum absolute atomic E-state index is 0.268. The normalized spacial score (nSPS) is 12.2. The fourth-order valence-electron chi connectivity index (χ4n) is 1.90. The molecule has 1 aromatic heterocycles. The summed E-state index contributed by atoms with van der Waals surface area (Å²) in [5.41, 5.74) is 1.67.